The third-order valence-corrected chi connectivity index (χ3v) is 3.67. The fourth-order valence-corrected chi connectivity index (χ4v) is 2.33. The van der Waals surface area contributed by atoms with Gasteiger partial charge >= 0.3 is 0 Å². The average Bonchev–Trinajstić information content (AvgIpc) is 2.84. The van der Waals surface area contributed by atoms with Crippen LogP contribution in [-0.2, 0) is 6.42 Å². The summed E-state index contributed by atoms with van der Waals surface area (Å²) in [5, 5.41) is 4.04. The Morgan fingerprint density at radius 1 is 1.20 bits per heavy atom. The molecule has 0 bridgehead atoms. The maximum atomic E-state index is 6.11. The first-order valence-corrected chi connectivity index (χ1v) is 7.14. The zero-order chi connectivity index (χ0) is 14.7. The molecule has 2 unspecified atom stereocenters. The highest BCUT2D eigenvalue weighted by atomic mass is 16.5. The van der Waals surface area contributed by atoms with Crippen molar-refractivity contribution in [1.29, 1.82) is 0 Å². The van der Waals surface area contributed by atoms with Gasteiger partial charge in [-0.3, -0.25) is 0 Å². The molecule has 2 N–H and O–H groups in total. The van der Waals surface area contributed by atoms with E-state index in [0.29, 0.717) is 24.1 Å². The summed E-state index contributed by atoms with van der Waals surface area (Å²) in [7, 11) is 0. The Morgan fingerprint density at radius 3 is 2.45 bits per heavy atom. The summed E-state index contributed by atoms with van der Waals surface area (Å²) in [6.07, 6.45) is 1.68. The topological polar surface area (TPSA) is 64.9 Å². The Morgan fingerprint density at radius 2 is 1.85 bits per heavy atom. The fraction of sp³-hybridized carbons (Fsp3) is 0.500. The molecule has 0 aliphatic carbocycles. The van der Waals surface area contributed by atoms with Gasteiger partial charge in [0.1, 0.15) is 0 Å². The zero-order valence-corrected chi connectivity index (χ0v) is 12.7. The van der Waals surface area contributed by atoms with Crippen molar-refractivity contribution in [2.75, 3.05) is 0 Å². The number of aryl methyl sites for hydroxylation is 2. The second-order valence-corrected chi connectivity index (χ2v) is 5.63. The van der Waals surface area contributed by atoms with E-state index < -0.39 is 0 Å². The number of nitrogens with two attached hydrogens (primary N) is 1. The summed E-state index contributed by atoms with van der Waals surface area (Å²) in [6, 6.07) is 6.28. The average molecular weight is 273 g/mol. The van der Waals surface area contributed by atoms with Crippen molar-refractivity contribution in [3.63, 3.8) is 0 Å². The number of hydrogen-bond acceptors (Lipinski definition) is 4. The first kappa shape index (κ1) is 14.7. The highest BCUT2D eigenvalue weighted by molar-refractivity contribution is 5.30. The lowest BCUT2D eigenvalue weighted by molar-refractivity contribution is 0.310. The van der Waals surface area contributed by atoms with Crippen LogP contribution in [-0.4, -0.2) is 10.1 Å². The predicted molar refractivity (Wildman–Crippen MR) is 79.4 cm³/mol. The fourth-order valence-electron chi connectivity index (χ4n) is 2.33. The Bertz CT molecular complexity index is 557. The second kappa shape index (κ2) is 6.18. The standard InChI is InChI=1S/C16H23N3O/c1-5-12(4)15(17)16-18-14(19-20-16)9-13-7-10(2)6-11(3)8-13/h6-8,12,15H,5,9,17H2,1-4H3. The van der Waals surface area contributed by atoms with Crippen LogP contribution < -0.4 is 5.73 Å². The van der Waals surface area contributed by atoms with Gasteiger partial charge in [0.2, 0.25) is 5.89 Å². The molecule has 108 valence electrons. The predicted octanol–water partition coefficient (Wildman–Crippen LogP) is 3.32. The molecule has 1 heterocycles. The van der Waals surface area contributed by atoms with Crippen molar-refractivity contribution in [3.05, 3.63) is 46.6 Å². The monoisotopic (exact) mass is 273 g/mol. The molecular weight excluding hydrogens is 250 g/mol. The van der Waals surface area contributed by atoms with Gasteiger partial charge in [-0.15, -0.1) is 0 Å². The van der Waals surface area contributed by atoms with Gasteiger partial charge in [0, 0.05) is 6.42 Å². The molecule has 4 heteroatoms. The molecule has 0 radical (unpaired) electrons. The summed E-state index contributed by atoms with van der Waals surface area (Å²) in [5.41, 5.74) is 9.81. The largest absolute Gasteiger partial charge is 0.338 e. The minimum atomic E-state index is -0.180. The molecular formula is C16H23N3O. The van der Waals surface area contributed by atoms with Gasteiger partial charge in [0.15, 0.2) is 5.82 Å². The molecule has 20 heavy (non-hydrogen) atoms. The van der Waals surface area contributed by atoms with Crippen molar-refractivity contribution in [2.45, 2.75) is 46.6 Å². The maximum Gasteiger partial charge on any atom is 0.243 e. The van der Waals surface area contributed by atoms with Crippen LogP contribution in [0.3, 0.4) is 0 Å². The van der Waals surface area contributed by atoms with Crippen molar-refractivity contribution in [2.24, 2.45) is 11.7 Å². The molecule has 0 aliphatic rings. The van der Waals surface area contributed by atoms with Gasteiger partial charge in [-0.25, -0.2) is 0 Å². The molecule has 0 spiro atoms. The van der Waals surface area contributed by atoms with Gasteiger partial charge in [0.05, 0.1) is 6.04 Å². The molecule has 4 nitrogen and oxygen atoms in total. The third kappa shape index (κ3) is 3.45. The van der Waals surface area contributed by atoms with Gasteiger partial charge in [-0.1, -0.05) is 54.8 Å². The van der Waals surface area contributed by atoms with E-state index in [1.165, 1.54) is 16.7 Å². The van der Waals surface area contributed by atoms with Crippen LogP contribution in [0.1, 0.15) is 54.7 Å². The Kier molecular flexibility index (Phi) is 4.55. The van der Waals surface area contributed by atoms with Crippen LogP contribution in [0.2, 0.25) is 0 Å². The van der Waals surface area contributed by atoms with Gasteiger partial charge in [-0.05, 0) is 25.3 Å². The lowest BCUT2D eigenvalue weighted by Gasteiger charge is -2.12. The smallest absolute Gasteiger partial charge is 0.243 e. The van der Waals surface area contributed by atoms with Crippen LogP contribution in [0, 0.1) is 19.8 Å². The zero-order valence-electron chi connectivity index (χ0n) is 12.7. The first-order chi connectivity index (χ1) is 9.49. The van der Waals surface area contributed by atoms with Crippen LogP contribution in [0.15, 0.2) is 22.7 Å². The van der Waals surface area contributed by atoms with Crippen LogP contribution in [0.4, 0.5) is 0 Å². The second-order valence-electron chi connectivity index (χ2n) is 5.63. The first-order valence-electron chi connectivity index (χ1n) is 7.14. The molecule has 0 amide bonds. The lowest BCUT2D eigenvalue weighted by Crippen LogP contribution is -2.18. The Balaban J connectivity index is 2.13. The summed E-state index contributed by atoms with van der Waals surface area (Å²) in [6.45, 7) is 8.39. The molecule has 0 saturated carbocycles. The van der Waals surface area contributed by atoms with Crippen LogP contribution in [0.25, 0.3) is 0 Å². The number of benzene rings is 1. The number of nitrogens with zero attached hydrogens (tertiary/aromatic N) is 2. The molecule has 2 rings (SSSR count). The summed E-state index contributed by atoms with van der Waals surface area (Å²) in [4.78, 5) is 4.43. The summed E-state index contributed by atoms with van der Waals surface area (Å²) in [5.74, 6) is 1.58. The van der Waals surface area contributed by atoms with Crippen molar-refractivity contribution in [3.8, 4) is 0 Å². The van der Waals surface area contributed by atoms with E-state index in [1.54, 1.807) is 0 Å². The number of aromatic nitrogens is 2. The highest BCUT2D eigenvalue weighted by Crippen LogP contribution is 2.21. The molecule has 0 aliphatic heterocycles. The van der Waals surface area contributed by atoms with Gasteiger partial charge in [-0.2, -0.15) is 4.98 Å². The third-order valence-electron chi connectivity index (χ3n) is 3.67. The molecule has 1 aromatic carbocycles. The van der Waals surface area contributed by atoms with E-state index in [2.05, 4.69) is 56.0 Å². The molecule has 2 atom stereocenters. The van der Waals surface area contributed by atoms with Gasteiger partial charge in [0.25, 0.3) is 0 Å². The molecule has 0 fully saturated rings. The van der Waals surface area contributed by atoms with Crippen LogP contribution in [0.5, 0.6) is 0 Å². The summed E-state index contributed by atoms with van der Waals surface area (Å²) >= 11 is 0. The Labute approximate surface area is 120 Å². The number of rotatable bonds is 5. The molecule has 2 aromatic rings. The lowest BCUT2D eigenvalue weighted by atomic mass is 10.0. The van der Waals surface area contributed by atoms with E-state index in [1.807, 2.05) is 0 Å². The van der Waals surface area contributed by atoms with Crippen molar-refractivity contribution >= 4 is 0 Å². The quantitative estimate of drug-likeness (QED) is 0.907. The van der Waals surface area contributed by atoms with E-state index in [9.17, 15) is 0 Å². The van der Waals surface area contributed by atoms with E-state index in [0.717, 1.165) is 6.42 Å². The number of hydrogen-bond donors (Lipinski definition) is 1. The molecule has 1 aromatic heterocycles. The highest BCUT2D eigenvalue weighted by Gasteiger charge is 2.20. The normalized spacial score (nSPS) is 14.2. The van der Waals surface area contributed by atoms with Crippen LogP contribution >= 0.6 is 0 Å². The summed E-state index contributed by atoms with van der Waals surface area (Å²) < 4.78 is 5.30. The van der Waals surface area contributed by atoms with E-state index in [-0.39, 0.29) is 6.04 Å². The van der Waals surface area contributed by atoms with Crippen molar-refractivity contribution < 1.29 is 4.52 Å². The SMILES string of the molecule is CCC(C)C(N)c1nc(Cc2cc(C)cc(C)c2)no1. The maximum absolute atomic E-state index is 6.11. The van der Waals surface area contributed by atoms with E-state index in [4.69, 9.17) is 10.3 Å². The minimum Gasteiger partial charge on any atom is -0.338 e. The molecule has 0 saturated heterocycles. The minimum absolute atomic E-state index is 0.180. The van der Waals surface area contributed by atoms with E-state index >= 15 is 0 Å². The van der Waals surface area contributed by atoms with Gasteiger partial charge < -0.3 is 10.3 Å². The van der Waals surface area contributed by atoms with Crippen molar-refractivity contribution in [1.82, 2.24) is 10.1 Å². The Hall–Kier alpha value is -1.68.